The highest BCUT2D eigenvalue weighted by molar-refractivity contribution is 5.75. The second-order valence-corrected chi connectivity index (χ2v) is 5.97. The zero-order valence-corrected chi connectivity index (χ0v) is 13.6. The van der Waals surface area contributed by atoms with E-state index in [1.54, 1.807) is 4.57 Å². The van der Waals surface area contributed by atoms with Gasteiger partial charge in [0, 0.05) is 12.5 Å². The number of anilines is 1. The van der Waals surface area contributed by atoms with Crippen LogP contribution in [-0.2, 0) is 16.1 Å². The highest BCUT2D eigenvalue weighted by Gasteiger charge is 2.21. The molecule has 0 amide bonds. The van der Waals surface area contributed by atoms with Gasteiger partial charge in [-0.2, -0.15) is 4.98 Å². The van der Waals surface area contributed by atoms with Crippen LogP contribution in [0, 0.1) is 11.8 Å². The van der Waals surface area contributed by atoms with Gasteiger partial charge < -0.3 is 25.9 Å². The van der Waals surface area contributed by atoms with Gasteiger partial charge in [0.2, 0.25) is 5.95 Å². The average Bonchev–Trinajstić information content (AvgIpc) is 2.93. The fraction of sp³-hybridized carbons (Fsp3) is 0.571. The van der Waals surface area contributed by atoms with Crippen molar-refractivity contribution in [1.82, 2.24) is 19.5 Å². The smallest absolute Gasteiger partial charge is 0.323 e. The van der Waals surface area contributed by atoms with Gasteiger partial charge in [0.1, 0.15) is 6.04 Å². The van der Waals surface area contributed by atoms with E-state index in [0.717, 1.165) is 0 Å². The summed E-state index contributed by atoms with van der Waals surface area (Å²) in [6.07, 6.45) is 1.43. The zero-order chi connectivity index (χ0) is 17.9. The number of hydrogen-bond donors (Lipinski definition) is 4. The summed E-state index contributed by atoms with van der Waals surface area (Å²) >= 11 is 0. The number of H-pyrrole nitrogens is 1. The number of aliphatic hydroxyl groups is 1. The van der Waals surface area contributed by atoms with Gasteiger partial charge in [-0.05, 0) is 5.92 Å². The zero-order valence-electron chi connectivity index (χ0n) is 13.6. The van der Waals surface area contributed by atoms with Crippen molar-refractivity contribution < 1.29 is 14.6 Å². The largest absolute Gasteiger partial charge is 0.464 e. The molecule has 0 saturated heterocycles. The van der Waals surface area contributed by atoms with Gasteiger partial charge >= 0.3 is 5.97 Å². The summed E-state index contributed by atoms with van der Waals surface area (Å²) in [5, 5.41) is 9.50. The first kappa shape index (κ1) is 17.9. The summed E-state index contributed by atoms with van der Waals surface area (Å²) in [4.78, 5) is 33.9. The van der Waals surface area contributed by atoms with E-state index in [2.05, 4.69) is 15.0 Å². The molecule has 10 nitrogen and oxygen atoms in total. The number of ether oxygens (including phenoxy) is 1. The molecule has 0 spiro atoms. The fourth-order valence-corrected chi connectivity index (χ4v) is 2.11. The minimum absolute atomic E-state index is 0.00585. The van der Waals surface area contributed by atoms with Crippen molar-refractivity contribution in [2.24, 2.45) is 17.6 Å². The lowest BCUT2D eigenvalue weighted by atomic mass is 10.1. The van der Waals surface area contributed by atoms with Crippen LogP contribution in [0.15, 0.2) is 11.1 Å². The molecule has 0 radical (unpaired) electrons. The van der Waals surface area contributed by atoms with Gasteiger partial charge in [-0.25, -0.2) is 4.98 Å². The fourth-order valence-electron chi connectivity index (χ4n) is 2.11. The highest BCUT2D eigenvalue weighted by atomic mass is 16.5. The van der Waals surface area contributed by atoms with Gasteiger partial charge in [0.15, 0.2) is 11.2 Å². The van der Waals surface area contributed by atoms with Gasteiger partial charge in [0.05, 0.1) is 19.5 Å². The minimum atomic E-state index is -0.710. The third-order valence-corrected chi connectivity index (χ3v) is 3.66. The van der Waals surface area contributed by atoms with Gasteiger partial charge in [-0.3, -0.25) is 14.6 Å². The number of esters is 1. The number of fused-ring (bicyclic) bond motifs is 1. The molecule has 0 fully saturated rings. The second kappa shape index (κ2) is 7.41. The third-order valence-electron chi connectivity index (χ3n) is 3.66. The molecule has 0 aromatic carbocycles. The first-order valence-electron chi connectivity index (χ1n) is 7.57. The summed E-state index contributed by atoms with van der Waals surface area (Å²) in [7, 11) is 0. The number of aliphatic hydroxyl groups excluding tert-OH is 1. The summed E-state index contributed by atoms with van der Waals surface area (Å²) in [5.74, 6) is -0.975. The number of nitrogens with zero attached hydrogens (tertiary/aromatic N) is 3. The number of aromatic nitrogens is 4. The standard InChI is InChI=1S/C14H22N6O4/c1-7(2)9(15)13(23)24-5-8(4-21)3-20-6-17-10-11(20)18-14(16)19-12(10)22/h6-9,21H,3-5,15H2,1-2H3,(H3,16,18,19,22)/t8?,9-/m1/s1. The van der Waals surface area contributed by atoms with Crippen LogP contribution in [0.1, 0.15) is 13.8 Å². The summed E-state index contributed by atoms with van der Waals surface area (Å²) in [5.41, 5.74) is 11.3. The number of hydrogen-bond acceptors (Lipinski definition) is 8. The van der Waals surface area contributed by atoms with E-state index in [4.69, 9.17) is 16.2 Å². The van der Waals surface area contributed by atoms with Crippen LogP contribution in [0.3, 0.4) is 0 Å². The monoisotopic (exact) mass is 338 g/mol. The van der Waals surface area contributed by atoms with E-state index in [1.807, 2.05) is 13.8 Å². The maximum absolute atomic E-state index is 11.8. The Hall–Kier alpha value is -2.46. The quantitative estimate of drug-likeness (QED) is 0.459. The molecule has 24 heavy (non-hydrogen) atoms. The third kappa shape index (κ3) is 3.89. The molecule has 2 rings (SSSR count). The van der Waals surface area contributed by atoms with Crippen LogP contribution in [0.4, 0.5) is 5.95 Å². The molecule has 0 aliphatic carbocycles. The maximum Gasteiger partial charge on any atom is 0.323 e. The number of aromatic amines is 1. The van der Waals surface area contributed by atoms with Crippen molar-refractivity contribution in [3.8, 4) is 0 Å². The lowest BCUT2D eigenvalue weighted by Gasteiger charge is -2.18. The van der Waals surface area contributed by atoms with Crippen molar-refractivity contribution in [2.45, 2.75) is 26.4 Å². The van der Waals surface area contributed by atoms with Gasteiger partial charge in [-0.15, -0.1) is 0 Å². The normalized spacial score (nSPS) is 14.0. The molecule has 0 aliphatic heterocycles. The Labute approximate surface area is 137 Å². The number of carbonyl (C=O) groups excluding carboxylic acids is 1. The van der Waals surface area contributed by atoms with Gasteiger partial charge in [-0.1, -0.05) is 13.8 Å². The van der Waals surface area contributed by atoms with E-state index in [1.165, 1.54) is 6.33 Å². The van der Waals surface area contributed by atoms with Crippen molar-refractivity contribution in [1.29, 1.82) is 0 Å². The number of rotatable bonds is 7. The Morgan fingerprint density at radius 3 is 2.83 bits per heavy atom. The van der Waals surface area contributed by atoms with E-state index < -0.39 is 23.5 Å². The summed E-state index contributed by atoms with van der Waals surface area (Å²) < 4.78 is 6.74. The molecule has 10 heteroatoms. The van der Waals surface area contributed by atoms with Crippen molar-refractivity contribution in [3.05, 3.63) is 16.7 Å². The Morgan fingerprint density at radius 1 is 1.50 bits per heavy atom. The molecule has 2 aromatic heterocycles. The first-order chi connectivity index (χ1) is 11.3. The molecule has 132 valence electrons. The Balaban J connectivity index is 2.08. The lowest BCUT2D eigenvalue weighted by molar-refractivity contribution is -0.148. The van der Waals surface area contributed by atoms with Crippen molar-refractivity contribution in [2.75, 3.05) is 18.9 Å². The number of imidazole rings is 1. The van der Waals surface area contributed by atoms with E-state index in [-0.39, 0.29) is 37.1 Å². The molecular weight excluding hydrogens is 316 g/mol. The predicted molar refractivity (Wildman–Crippen MR) is 86.9 cm³/mol. The summed E-state index contributed by atoms with van der Waals surface area (Å²) in [6.45, 7) is 3.67. The first-order valence-corrected chi connectivity index (χ1v) is 7.57. The Morgan fingerprint density at radius 2 is 2.21 bits per heavy atom. The molecule has 0 aliphatic rings. The average molecular weight is 338 g/mol. The second-order valence-electron chi connectivity index (χ2n) is 5.97. The molecule has 0 saturated carbocycles. The van der Waals surface area contributed by atoms with Crippen molar-refractivity contribution >= 4 is 23.1 Å². The molecular formula is C14H22N6O4. The molecule has 6 N–H and O–H groups in total. The molecule has 1 unspecified atom stereocenters. The van der Waals surface area contributed by atoms with Crippen LogP contribution >= 0.6 is 0 Å². The number of nitrogens with one attached hydrogen (secondary N) is 1. The van der Waals surface area contributed by atoms with Crippen LogP contribution in [-0.4, -0.2) is 49.9 Å². The Kier molecular flexibility index (Phi) is 5.52. The van der Waals surface area contributed by atoms with Gasteiger partial charge in [0.25, 0.3) is 5.56 Å². The minimum Gasteiger partial charge on any atom is -0.464 e. The predicted octanol–water partition coefficient (Wildman–Crippen LogP) is -1.16. The Bertz CT molecular complexity index is 768. The molecule has 2 heterocycles. The van der Waals surface area contributed by atoms with E-state index in [9.17, 15) is 14.7 Å². The van der Waals surface area contributed by atoms with Crippen LogP contribution < -0.4 is 17.0 Å². The molecule has 2 atom stereocenters. The topological polar surface area (TPSA) is 162 Å². The van der Waals surface area contributed by atoms with Crippen molar-refractivity contribution in [3.63, 3.8) is 0 Å². The number of carbonyl (C=O) groups is 1. The highest BCUT2D eigenvalue weighted by Crippen LogP contribution is 2.11. The van der Waals surface area contributed by atoms with E-state index in [0.29, 0.717) is 5.65 Å². The van der Waals surface area contributed by atoms with Crippen LogP contribution in [0.2, 0.25) is 0 Å². The number of nitrogen functional groups attached to an aromatic ring is 1. The SMILES string of the molecule is CC(C)[C@@H](N)C(=O)OCC(CO)Cn1cnc2c(=O)[nH]c(N)nc21. The lowest BCUT2D eigenvalue weighted by Crippen LogP contribution is -2.38. The van der Waals surface area contributed by atoms with E-state index >= 15 is 0 Å². The summed E-state index contributed by atoms with van der Waals surface area (Å²) in [6, 6.07) is -0.710. The van der Waals surface area contributed by atoms with Crippen LogP contribution in [0.5, 0.6) is 0 Å². The molecule has 0 bridgehead atoms. The number of nitrogens with two attached hydrogens (primary N) is 2. The molecule has 2 aromatic rings. The maximum atomic E-state index is 11.8. The van der Waals surface area contributed by atoms with Crippen LogP contribution in [0.25, 0.3) is 11.2 Å².